The Bertz CT molecular complexity index is 1260. The Balaban J connectivity index is 1.34. The summed E-state index contributed by atoms with van der Waals surface area (Å²) in [6, 6.07) is 15.9. The van der Waals surface area contributed by atoms with Gasteiger partial charge in [0.05, 0.1) is 6.26 Å². The summed E-state index contributed by atoms with van der Waals surface area (Å²) in [5, 5.41) is 4.98. The van der Waals surface area contributed by atoms with Gasteiger partial charge in [-0.2, -0.15) is 0 Å². The first kappa shape index (κ1) is 22.2. The molecule has 6 heteroatoms. The van der Waals surface area contributed by atoms with E-state index in [0.717, 1.165) is 60.4 Å². The third-order valence-corrected chi connectivity index (χ3v) is 6.58. The van der Waals surface area contributed by atoms with E-state index < -0.39 is 0 Å². The molecule has 34 heavy (non-hydrogen) atoms. The average molecular weight is 455 g/mol. The van der Waals surface area contributed by atoms with Gasteiger partial charge in [0, 0.05) is 60.5 Å². The van der Waals surface area contributed by atoms with Crippen LogP contribution in [0.2, 0.25) is 0 Å². The number of aromatic nitrogens is 1. The molecule has 1 fully saturated rings. The number of hydrogen-bond donors (Lipinski definition) is 1. The van der Waals surface area contributed by atoms with Crippen LogP contribution in [-0.4, -0.2) is 49.0 Å². The van der Waals surface area contributed by atoms with Crippen molar-refractivity contribution >= 4 is 33.9 Å². The first-order chi connectivity index (χ1) is 16.6. The Labute approximate surface area is 200 Å². The molecular formula is C28H30N4O2. The van der Waals surface area contributed by atoms with Crippen molar-refractivity contribution in [1.29, 1.82) is 0 Å². The molecule has 174 valence electrons. The van der Waals surface area contributed by atoms with Crippen LogP contribution in [0.3, 0.4) is 0 Å². The van der Waals surface area contributed by atoms with Gasteiger partial charge in [-0.3, -0.25) is 4.79 Å². The number of allylic oxidation sites excluding steroid dienone is 2. The summed E-state index contributed by atoms with van der Waals surface area (Å²) in [6.07, 6.45) is 8.81. The number of carbonyl (C=O) groups is 1. The second-order valence-electron chi connectivity index (χ2n) is 8.98. The highest BCUT2D eigenvalue weighted by Gasteiger charge is 2.16. The summed E-state index contributed by atoms with van der Waals surface area (Å²) in [5.74, 6) is 1.62. The normalized spacial score (nSPS) is 18.5. The van der Waals surface area contributed by atoms with Crippen molar-refractivity contribution in [3.05, 3.63) is 84.3 Å². The van der Waals surface area contributed by atoms with Crippen molar-refractivity contribution in [3.63, 3.8) is 0 Å². The fraction of sp³-hybridized carbons (Fsp3) is 0.286. The van der Waals surface area contributed by atoms with Gasteiger partial charge < -0.3 is 19.9 Å². The van der Waals surface area contributed by atoms with E-state index in [1.165, 1.54) is 0 Å². The monoisotopic (exact) mass is 454 g/mol. The maximum absolute atomic E-state index is 13.0. The Morgan fingerprint density at radius 2 is 1.94 bits per heavy atom. The smallest absolute Gasteiger partial charge is 0.256 e. The van der Waals surface area contributed by atoms with Gasteiger partial charge in [-0.15, -0.1) is 0 Å². The molecule has 6 nitrogen and oxygen atoms in total. The molecule has 0 radical (unpaired) electrons. The molecular weight excluding hydrogens is 424 g/mol. The Kier molecular flexibility index (Phi) is 6.32. The third kappa shape index (κ3) is 4.82. The molecule has 0 spiro atoms. The topological polar surface area (TPSA) is 57.7 Å². The lowest BCUT2D eigenvalue weighted by molar-refractivity contribution is 0.102. The predicted octanol–water partition coefficient (Wildman–Crippen LogP) is 5.15. The number of fused-ring (bicyclic) bond motifs is 1. The predicted molar refractivity (Wildman–Crippen MR) is 138 cm³/mol. The first-order valence-corrected chi connectivity index (χ1v) is 11.9. The quantitative estimate of drug-likeness (QED) is 0.578. The van der Waals surface area contributed by atoms with Crippen molar-refractivity contribution in [1.82, 2.24) is 9.88 Å². The molecule has 3 aromatic rings. The number of ether oxygens (including phenoxy) is 1. The number of likely N-dealkylation sites (N-methyl/N-ethyl adjacent to an activating group) is 1. The molecule has 5 rings (SSSR count). The van der Waals surface area contributed by atoms with E-state index in [1.807, 2.05) is 36.4 Å². The molecule has 2 aliphatic heterocycles. The highest BCUT2D eigenvalue weighted by Crippen LogP contribution is 2.28. The van der Waals surface area contributed by atoms with E-state index in [1.54, 1.807) is 12.5 Å². The van der Waals surface area contributed by atoms with Gasteiger partial charge in [0.25, 0.3) is 5.91 Å². The highest BCUT2D eigenvalue weighted by atomic mass is 16.5. The molecule has 1 atom stereocenters. The zero-order valence-electron chi connectivity index (χ0n) is 19.7. The van der Waals surface area contributed by atoms with Crippen LogP contribution in [0.1, 0.15) is 29.3 Å². The van der Waals surface area contributed by atoms with E-state index in [-0.39, 0.29) is 5.91 Å². The summed E-state index contributed by atoms with van der Waals surface area (Å²) >= 11 is 0. The van der Waals surface area contributed by atoms with Crippen molar-refractivity contribution in [2.75, 3.05) is 43.4 Å². The standard InChI is InChI=1S/C28H30N4O2/c1-3-20-9-14-34-26(15-20)21-7-8-23-19-29-27(18-24(23)16-21)30-28(33)22-5-4-6-25(17-22)32-12-10-31(2)11-13-32/h4-9,14-20H,3,10-13H2,1-2H3,(H,29,30,33)/t20-/m0/s1. The number of nitrogens with zero attached hydrogens (tertiary/aromatic N) is 3. The maximum atomic E-state index is 13.0. The lowest BCUT2D eigenvalue weighted by atomic mass is 10.0. The van der Waals surface area contributed by atoms with Gasteiger partial charge in [-0.25, -0.2) is 4.98 Å². The first-order valence-electron chi connectivity index (χ1n) is 11.9. The van der Waals surface area contributed by atoms with E-state index in [9.17, 15) is 4.79 Å². The number of anilines is 2. The second kappa shape index (κ2) is 9.69. The highest BCUT2D eigenvalue weighted by molar-refractivity contribution is 6.05. The van der Waals surface area contributed by atoms with Crippen LogP contribution in [0.25, 0.3) is 16.5 Å². The fourth-order valence-electron chi connectivity index (χ4n) is 4.38. The SMILES string of the molecule is CC[C@H]1C=COC(c2ccc3cnc(NC(=O)c4cccc(N5CCN(C)CC5)c4)cc3c2)=C1. The molecule has 1 aromatic heterocycles. The number of pyridine rings is 1. The molecule has 0 bridgehead atoms. The van der Waals surface area contributed by atoms with Crippen LogP contribution >= 0.6 is 0 Å². The van der Waals surface area contributed by atoms with E-state index in [0.29, 0.717) is 17.3 Å². The number of carbonyl (C=O) groups excluding carboxylic acids is 1. The van der Waals surface area contributed by atoms with Crippen molar-refractivity contribution in [3.8, 4) is 0 Å². The minimum atomic E-state index is -0.159. The van der Waals surface area contributed by atoms with Gasteiger partial charge in [0.1, 0.15) is 11.6 Å². The number of amides is 1. The Hall–Kier alpha value is -3.64. The summed E-state index contributed by atoms with van der Waals surface area (Å²) in [4.78, 5) is 22.1. The molecule has 1 N–H and O–H groups in total. The van der Waals surface area contributed by atoms with Crippen molar-refractivity contribution < 1.29 is 9.53 Å². The van der Waals surface area contributed by atoms with E-state index in [4.69, 9.17) is 4.74 Å². The zero-order chi connectivity index (χ0) is 23.5. The van der Waals surface area contributed by atoms with Crippen molar-refractivity contribution in [2.45, 2.75) is 13.3 Å². The fourth-order valence-corrected chi connectivity index (χ4v) is 4.38. The van der Waals surface area contributed by atoms with Crippen LogP contribution in [0.5, 0.6) is 0 Å². The molecule has 0 aliphatic carbocycles. The zero-order valence-corrected chi connectivity index (χ0v) is 19.7. The molecule has 0 saturated carbocycles. The van der Waals surface area contributed by atoms with Gasteiger partial charge in [-0.05, 0) is 61.3 Å². The largest absolute Gasteiger partial charge is 0.465 e. The van der Waals surface area contributed by atoms with Gasteiger partial charge in [0.15, 0.2) is 0 Å². The van der Waals surface area contributed by atoms with E-state index >= 15 is 0 Å². The average Bonchev–Trinajstić information content (AvgIpc) is 2.89. The minimum Gasteiger partial charge on any atom is -0.465 e. The van der Waals surface area contributed by atoms with Gasteiger partial charge in [-0.1, -0.05) is 25.1 Å². The summed E-state index contributed by atoms with van der Waals surface area (Å²) < 4.78 is 5.75. The van der Waals surface area contributed by atoms with E-state index in [2.05, 4.69) is 58.4 Å². The lowest BCUT2D eigenvalue weighted by Crippen LogP contribution is -2.44. The molecule has 0 unspecified atom stereocenters. The number of nitrogens with one attached hydrogen (secondary N) is 1. The maximum Gasteiger partial charge on any atom is 0.256 e. The molecule has 1 saturated heterocycles. The Morgan fingerprint density at radius 3 is 2.76 bits per heavy atom. The summed E-state index contributed by atoms with van der Waals surface area (Å²) in [6.45, 7) is 6.14. The minimum absolute atomic E-state index is 0.159. The summed E-state index contributed by atoms with van der Waals surface area (Å²) in [5.41, 5.74) is 2.72. The third-order valence-electron chi connectivity index (χ3n) is 6.58. The number of hydrogen-bond acceptors (Lipinski definition) is 5. The van der Waals surface area contributed by atoms with Crippen molar-refractivity contribution in [2.24, 2.45) is 5.92 Å². The Morgan fingerprint density at radius 1 is 1.09 bits per heavy atom. The molecule has 3 heterocycles. The number of piperazine rings is 1. The molecule has 1 amide bonds. The molecule has 2 aliphatic rings. The van der Waals surface area contributed by atoms with Crippen LogP contribution < -0.4 is 10.2 Å². The van der Waals surface area contributed by atoms with Gasteiger partial charge >= 0.3 is 0 Å². The van der Waals surface area contributed by atoms with Crippen LogP contribution in [0.15, 0.2) is 73.1 Å². The number of rotatable bonds is 5. The van der Waals surface area contributed by atoms with Crippen LogP contribution in [0, 0.1) is 5.92 Å². The van der Waals surface area contributed by atoms with Crippen LogP contribution in [0.4, 0.5) is 11.5 Å². The summed E-state index contributed by atoms with van der Waals surface area (Å²) in [7, 11) is 2.14. The molecule has 2 aromatic carbocycles. The lowest BCUT2D eigenvalue weighted by Gasteiger charge is -2.34. The number of benzene rings is 2. The van der Waals surface area contributed by atoms with Gasteiger partial charge in [0.2, 0.25) is 0 Å². The second-order valence-corrected chi connectivity index (χ2v) is 8.98. The van der Waals surface area contributed by atoms with Crippen LogP contribution in [-0.2, 0) is 4.74 Å².